The van der Waals surface area contributed by atoms with Crippen LogP contribution in [0.15, 0.2) is 48.8 Å². The summed E-state index contributed by atoms with van der Waals surface area (Å²) in [5.74, 6) is 1.50. The minimum Gasteiger partial charge on any atom is -0.438 e. The van der Waals surface area contributed by atoms with Gasteiger partial charge in [0.25, 0.3) is 0 Å². The van der Waals surface area contributed by atoms with Gasteiger partial charge < -0.3 is 15.0 Å². The molecule has 23 heavy (non-hydrogen) atoms. The molecule has 0 atom stereocenters. The molecule has 5 nitrogen and oxygen atoms in total. The molecule has 1 aliphatic rings. The maximum Gasteiger partial charge on any atom is 0.227 e. The Bertz CT molecular complexity index is 835. The smallest absolute Gasteiger partial charge is 0.227 e. The van der Waals surface area contributed by atoms with Crippen molar-refractivity contribution in [1.82, 2.24) is 9.97 Å². The zero-order chi connectivity index (χ0) is 15.6. The summed E-state index contributed by atoms with van der Waals surface area (Å²) in [6.45, 7) is 0. The second-order valence-corrected chi connectivity index (χ2v) is 5.80. The molecule has 2 heterocycles. The number of anilines is 1. The molecule has 116 valence electrons. The van der Waals surface area contributed by atoms with Crippen LogP contribution < -0.4 is 10.1 Å². The number of hydrogen-bond acceptors (Lipinski definition) is 3. The normalized spacial score (nSPS) is 14.4. The van der Waals surface area contributed by atoms with Gasteiger partial charge in [0, 0.05) is 29.1 Å². The van der Waals surface area contributed by atoms with Gasteiger partial charge in [-0.3, -0.25) is 4.79 Å². The maximum atomic E-state index is 11.9. The molecular formula is C18H17N3O2. The molecule has 4 rings (SSSR count). The van der Waals surface area contributed by atoms with E-state index in [0.717, 1.165) is 35.9 Å². The van der Waals surface area contributed by atoms with Crippen molar-refractivity contribution >= 4 is 22.5 Å². The zero-order valence-corrected chi connectivity index (χ0v) is 12.6. The van der Waals surface area contributed by atoms with Crippen molar-refractivity contribution in [3.05, 3.63) is 48.8 Å². The molecule has 1 amide bonds. The Morgan fingerprint density at radius 3 is 2.87 bits per heavy atom. The number of pyridine rings is 1. The van der Waals surface area contributed by atoms with Crippen LogP contribution in [0.3, 0.4) is 0 Å². The highest BCUT2D eigenvalue weighted by Crippen LogP contribution is 2.30. The van der Waals surface area contributed by atoms with E-state index in [2.05, 4.69) is 15.3 Å². The van der Waals surface area contributed by atoms with Crippen molar-refractivity contribution in [2.75, 3.05) is 5.32 Å². The highest BCUT2D eigenvalue weighted by atomic mass is 16.5. The van der Waals surface area contributed by atoms with Crippen molar-refractivity contribution in [1.29, 1.82) is 0 Å². The number of carbonyl (C=O) groups excluding carboxylic acids is 1. The van der Waals surface area contributed by atoms with Crippen LogP contribution in [0.1, 0.15) is 19.3 Å². The highest BCUT2D eigenvalue weighted by molar-refractivity contribution is 5.92. The number of rotatable bonds is 4. The Kier molecular flexibility index (Phi) is 3.46. The van der Waals surface area contributed by atoms with Crippen LogP contribution in [-0.4, -0.2) is 15.9 Å². The molecule has 2 N–H and O–H groups in total. The third kappa shape index (κ3) is 2.77. The van der Waals surface area contributed by atoms with E-state index in [9.17, 15) is 4.79 Å². The highest BCUT2D eigenvalue weighted by Gasteiger charge is 2.25. The van der Waals surface area contributed by atoms with E-state index in [1.807, 2.05) is 36.5 Å². The lowest BCUT2D eigenvalue weighted by molar-refractivity contribution is -0.122. The number of hydrogen-bond donors (Lipinski definition) is 2. The molecular weight excluding hydrogens is 290 g/mol. The Morgan fingerprint density at radius 2 is 2.13 bits per heavy atom. The molecule has 1 saturated carbocycles. The lowest BCUT2D eigenvalue weighted by Crippen LogP contribution is -2.28. The monoisotopic (exact) mass is 307 g/mol. The van der Waals surface area contributed by atoms with E-state index < -0.39 is 0 Å². The summed E-state index contributed by atoms with van der Waals surface area (Å²) in [7, 11) is 0. The predicted molar refractivity (Wildman–Crippen MR) is 88.6 cm³/mol. The summed E-state index contributed by atoms with van der Waals surface area (Å²) in [6.07, 6.45) is 6.63. The second kappa shape index (κ2) is 5.76. The molecule has 5 heteroatoms. The van der Waals surface area contributed by atoms with Gasteiger partial charge in [0.1, 0.15) is 5.75 Å². The Hall–Kier alpha value is -2.82. The van der Waals surface area contributed by atoms with Gasteiger partial charge in [-0.05, 0) is 37.1 Å². The van der Waals surface area contributed by atoms with Gasteiger partial charge in [-0.25, -0.2) is 4.98 Å². The molecule has 3 aromatic rings. The summed E-state index contributed by atoms with van der Waals surface area (Å²) in [6, 6.07) is 11.4. The van der Waals surface area contributed by atoms with Gasteiger partial charge in [0.2, 0.25) is 11.8 Å². The largest absolute Gasteiger partial charge is 0.438 e. The molecule has 0 radical (unpaired) electrons. The average molecular weight is 307 g/mol. The molecule has 0 unspecified atom stereocenters. The number of amides is 1. The first-order valence-corrected chi connectivity index (χ1v) is 7.80. The van der Waals surface area contributed by atoms with Crippen LogP contribution in [0.25, 0.3) is 10.9 Å². The molecule has 1 aliphatic carbocycles. The van der Waals surface area contributed by atoms with Crippen LogP contribution in [0.5, 0.6) is 11.6 Å². The number of aromatic nitrogens is 2. The minimum atomic E-state index is 0.0869. The molecule has 1 aromatic carbocycles. The second-order valence-electron chi connectivity index (χ2n) is 5.80. The van der Waals surface area contributed by atoms with Crippen LogP contribution in [0.4, 0.5) is 5.69 Å². The number of fused-ring (bicyclic) bond motifs is 1. The van der Waals surface area contributed by atoms with Gasteiger partial charge in [-0.2, -0.15) is 0 Å². The van der Waals surface area contributed by atoms with Crippen LogP contribution in [0.2, 0.25) is 0 Å². The van der Waals surface area contributed by atoms with Crippen LogP contribution in [0, 0.1) is 5.92 Å². The Morgan fingerprint density at radius 1 is 1.22 bits per heavy atom. The SMILES string of the molecule is O=C(Nc1ccc(Oc2cccc3[nH]ccc23)nc1)C1CCC1. The quantitative estimate of drug-likeness (QED) is 0.762. The predicted octanol–water partition coefficient (Wildman–Crippen LogP) is 4.09. The third-order valence-corrected chi connectivity index (χ3v) is 4.25. The standard InChI is InChI=1S/C18H17N3O2/c22-18(12-3-1-4-12)21-13-7-8-17(20-11-13)23-16-6-2-5-15-14(16)9-10-19-15/h2,5-12,19H,1,3-4H2,(H,21,22). The minimum absolute atomic E-state index is 0.0869. The number of aromatic amines is 1. The van der Waals surface area contributed by atoms with E-state index in [4.69, 9.17) is 4.74 Å². The summed E-state index contributed by atoms with van der Waals surface area (Å²) >= 11 is 0. The lowest BCUT2D eigenvalue weighted by Gasteiger charge is -2.23. The maximum absolute atomic E-state index is 11.9. The van der Waals surface area contributed by atoms with Gasteiger partial charge in [-0.1, -0.05) is 12.5 Å². The fourth-order valence-corrected chi connectivity index (χ4v) is 2.69. The Balaban J connectivity index is 1.47. The van der Waals surface area contributed by atoms with E-state index in [1.54, 1.807) is 12.3 Å². The van der Waals surface area contributed by atoms with Crippen molar-refractivity contribution < 1.29 is 9.53 Å². The van der Waals surface area contributed by atoms with Gasteiger partial charge in [0.15, 0.2) is 0 Å². The summed E-state index contributed by atoms with van der Waals surface area (Å²) < 4.78 is 5.85. The molecule has 2 aromatic heterocycles. The fourth-order valence-electron chi connectivity index (χ4n) is 2.69. The number of carbonyl (C=O) groups is 1. The molecule has 0 saturated heterocycles. The first kappa shape index (κ1) is 13.8. The molecule has 0 bridgehead atoms. The number of nitrogens with one attached hydrogen (secondary N) is 2. The van der Waals surface area contributed by atoms with Crippen molar-refractivity contribution in [3.63, 3.8) is 0 Å². The van der Waals surface area contributed by atoms with E-state index in [-0.39, 0.29) is 11.8 Å². The summed E-state index contributed by atoms with van der Waals surface area (Å²) in [5, 5.41) is 3.91. The lowest BCUT2D eigenvalue weighted by atomic mass is 9.85. The number of benzene rings is 1. The van der Waals surface area contributed by atoms with Crippen molar-refractivity contribution in [2.24, 2.45) is 5.92 Å². The van der Waals surface area contributed by atoms with Gasteiger partial charge in [-0.15, -0.1) is 0 Å². The molecule has 0 spiro atoms. The molecule has 0 aliphatic heterocycles. The van der Waals surface area contributed by atoms with E-state index >= 15 is 0 Å². The zero-order valence-electron chi connectivity index (χ0n) is 12.6. The van der Waals surface area contributed by atoms with Crippen molar-refractivity contribution in [2.45, 2.75) is 19.3 Å². The fraction of sp³-hybridized carbons (Fsp3) is 0.222. The van der Waals surface area contributed by atoms with Crippen molar-refractivity contribution in [3.8, 4) is 11.6 Å². The van der Waals surface area contributed by atoms with Gasteiger partial charge in [0.05, 0.1) is 11.9 Å². The average Bonchev–Trinajstić information content (AvgIpc) is 2.97. The Labute approximate surface area is 133 Å². The number of nitrogens with zero attached hydrogens (tertiary/aromatic N) is 1. The topological polar surface area (TPSA) is 67.0 Å². The van der Waals surface area contributed by atoms with Gasteiger partial charge >= 0.3 is 0 Å². The van der Waals surface area contributed by atoms with Crippen LogP contribution in [-0.2, 0) is 4.79 Å². The van der Waals surface area contributed by atoms with Crippen LogP contribution >= 0.6 is 0 Å². The molecule has 1 fully saturated rings. The van der Waals surface area contributed by atoms with E-state index in [1.165, 1.54) is 0 Å². The summed E-state index contributed by atoms with van der Waals surface area (Å²) in [5.41, 5.74) is 1.72. The summed E-state index contributed by atoms with van der Waals surface area (Å²) in [4.78, 5) is 19.3. The first-order chi connectivity index (χ1) is 11.3. The van der Waals surface area contributed by atoms with E-state index in [0.29, 0.717) is 11.6 Å². The number of ether oxygens (including phenoxy) is 1. The number of H-pyrrole nitrogens is 1. The first-order valence-electron chi connectivity index (χ1n) is 7.80. The third-order valence-electron chi connectivity index (χ3n) is 4.25.